The van der Waals surface area contributed by atoms with E-state index in [1.807, 2.05) is 4.68 Å². The summed E-state index contributed by atoms with van der Waals surface area (Å²) in [5, 5.41) is 11.9. The van der Waals surface area contributed by atoms with Crippen LogP contribution < -0.4 is 4.90 Å². The van der Waals surface area contributed by atoms with Crippen LogP contribution in [-0.4, -0.2) is 26.8 Å². The molecule has 0 amide bonds. The predicted octanol–water partition coefficient (Wildman–Crippen LogP) is 1.65. The Morgan fingerprint density at radius 2 is 2.17 bits per heavy atom. The van der Waals surface area contributed by atoms with Crippen LogP contribution in [0.15, 0.2) is 24.3 Å². The Labute approximate surface area is 106 Å². The molecule has 0 aliphatic carbocycles. The molecule has 0 unspecified atom stereocenters. The second kappa shape index (κ2) is 4.76. The molecule has 18 heavy (non-hydrogen) atoms. The molecular weight excluding hydrogens is 226 g/mol. The molecule has 2 heterocycles. The number of hydrogen-bond acceptors (Lipinski definition) is 4. The number of tetrazole rings is 1. The molecule has 1 aromatic heterocycles. The molecule has 0 radical (unpaired) electrons. The van der Waals surface area contributed by atoms with Crippen molar-refractivity contribution in [3.63, 3.8) is 0 Å². The van der Waals surface area contributed by atoms with Crippen molar-refractivity contribution in [2.24, 2.45) is 0 Å². The minimum Gasteiger partial charge on any atom is -0.363 e. The standard InChI is InChI=1S/C13H17N5/c1-2-8-18-13(14-15-16-18)10-17-9-7-11-5-3-4-6-12(11)17/h3-6H,2,7-10H2,1H3. The first-order valence-corrected chi connectivity index (χ1v) is 6.46. The van der Waals surface area contributed by atoms with Crippen molar-refractivity contribution in [3.8, 4) is 0 Å². The van der Waals surface area contributed by atoms with E-state index in [2.05, 4.69) is 51.6 Å². The van der Waals surface area contributed by atoms with E-state index in [0.29, 0.717) is 0 Å². The smallest absolute Gasteiger partial charge is 0.170 e. The summed E-state index contributed by atoms with van der Waals surface area (Å²) in [6.07, 6.45) is 2.17. The molecule has 0 N–H and O–H groups in total. The Morgan fingerprint density at radius 1 is 1.28 bits per heavy atom. The highest BCUT2D eigenvalue weighted by molar-refractivity contribution is 5.57. The van der Waals surface area contributed by atoms with Gasteiger partial charge in [-0.1, -0.05) is 25.1 Å². The molecule has 0 atom stereocenters. The Hall–Kier alpha value is -1.91. The maximum absolute atomic E-state index is 4.13. The summed E-state index contributed by atoms with van der Waals surface area (Å²) >= 11 is 0. The minimum absolute atomic E-state index is 0.796. The Kier molecular flexibility index (Phi) is 2.96. The Balaban J connectivity index is 1.80. The van der Waals surface area contributed by atoms with Gasteiger partial charge in [0.15, 0.2) is 5.82 Å². The van der Waals surface area contributed by atoms with E-state index in [1.54, 1.807) is 0 Å². The third-order valence-corrected chi connectivity index (χ3v) is 3.36. The van der Waals surface area contributed by atoms with Crippen molar-refractivity contribution >= 4 is 5.69 Å². The monoisotopic (exact) mass is 243 g/mol. The number of aryl methyl sites for hydroxylation is 1. The first-order valence-electron chi connectivity index (χ1n) is 6.46. The van der Waals surface area contributed by atoms with E-state index >= 15 is 0 Å². The van der Waals surface area contributed by atoms with Crippen LogP contribution in [0.1, 0.15) is 24.7 Å². The SMILES string of the molecule is CCCn1nnnc1CN1CCc2ccccc21. The van der Waals surface area contributed by atoms with E-state index in [4.69, 9.17) is 0 Å². The van der Waals surface area contributed by atoms with Crippen molar-refractivity contribution < 1.29 is 0 Å². The van der Waals surface area contributed by atoms with E-state index in [1.165, 1.54) is 11.3 Å². The molecule has 5 heteroatoms. The van der Waals surface area contributed by atoms with Crippen molar-refractivity contribution in [2.45, 2.75) is 32.9 Å². The Bertz CT molecular complexity index is 534. The van der Waals surface area contributed by atoms with E-state index in [-0.39, 0.29) is 0 Å². The van der Waals surface area contributed by atoms with E-state index < -0.39 is 0 Å². The molecule has 0 spiro atoms. The average molecular weight is 243 g/mol. The van der Waals surface area contributed by atoms with Crippen LogP contribution in [0.25, 0.3) is 0 Å². The van der Waals surface area contributed by atoms with Crippen LogP contribution in [0.5, 0.6) is 0 Å². The molecule has 5 nitrogen and oxygen atoms in total. The molecule has 0 saturated carbocycles. The second-order valence-electron chi connectivity index (χ2n) is 4.62. The quantitative estimate of drug-likeness (QED) is 0.819. The summed E-state index contributed by atoms with van der Waals surface area (Å²) in [4.78, 5) is 2.35. The summed E-state index contributed by atoms with van der Waals surface area (Å²) in [7, 11) is 0. The van der Waals surface area contributed by atoms with E-state index in [0.717, 1.165) is 38.3 Å². The molecule has 0 saturated heterocycles. The second-order valence-corrected chi connectivity index (χ2v) is 4.62. The van der Waals surface area contributed by atoms with Crippen LogP contribution in [0.2, 0.25) is 0 Å². The summed E-state index contributed by atoms with van der Waals surface area (Å²) in [6, 6.07) is 8.57. The van der Waals surface area contributed by atoms with Gasteiger partial charge in [0.25, 0.3) is 0 Å². The van der Waals surface area contributed by atoms with Gasteiger partial charge < -0.3 is 4.90 Å². The largest absolute Gasteiger partial charge is 0.363 e. The van der Waals surface area contributed by atoms with Crippen molar-refractivity contribution in [3.05, 3.63) is 35.7 Å². The van der Waals surface area contributed by atoms with Crippen LogP contribution in [0, 0.1) is 0 Å². The minimum atomic E-state index is 0.796. The lowest BCUT2D eigenvalue weighted by Gasteiger charge is -2.18. The number of aromatic nitrogens is 4. The highest BCUT2D eigenvalue weighted by Gasteiger charge is 2.20. The molecule has 94 valence electrons. The van der Waals surface area contributed by atoms with Crippen molar-refractivity contribution in [2.75, 3.05) is 11.4 Å². The number of fused-ring (bicyclic) bond motifs is 1. The van der Waals surface area contributed by atoms with E-state index in [9.17, 15) is 0 Å². The zero-order valence-electron chi connectivity index (χ0n) is 10.6. The summed E-state index contributed by atoms with van der Waals surface area (Å²) in [6.45, 7) is 4.87. The molecule has 2 aromatic rings. The van der Waals surface area contributed by atoms with Gasteiger partial charge in [-0.15, -0.1) is 5.10 Å². The van der Waals surface area contributed by atoms with Crippen LogP contribution in [0.4, 0.5) is 5.69 Å². The maximum atomic E-state index is 4.13. The Morgan fingerprint density at radius 3 is 3.06 bits per heavy atom. The summed E-state index contributed by atoms with van der Waals surface area (Å²) < 4.78 is 1.90. The molecule has 1 aliphatic heterocycles. The predicted molar refractivity (Wildman–Crippen MR) is 69.3 cm³/mol. The lowest BCUT2D eigenvalue weighted by Crippen LogP contribution is -2.22. The average Bonchev–Trinajstić information content (AvgIpc) is 2.99. The number of anilines is 1. The fraction of sp³-hybridized carbons (Fsp3) is 0.462. The highest BCUT2D eigenvalue weighted by Crippen LogP contribution is 2.28. The lowest BCUT2D eigenvalue weighted by molar-refractivity contribution is 0.550. The molecule has 0 bridgehead atoms. The van der Waals surface area contributed by atoms with Gasteiger partial charge in [0, 0.05) is 18.8 Å². The van der Waals surface area contributed by atoms with Gasteiger partial charge in [-0.3, -0.25) is 0 Å². The van der Waals surface area contributed by atoms with Gasteiger partial charge in [0.1, 0.15) is 0 Å². The third-order valence-electron chi connectivity index (χ3n) is 3.36. The summed E-state index contributed by atoms with van der Waals surface area (Å²) in [5.41, 5.74) is 2.75. The molecule has 0 fully saturated rings. The lowest BCUT2D eigenvalue weighted by atomic mass is 10.2. The zero-order valence-corrected chi connectivity index (χ0v) is 10.6. The van der Waals surface area contributed by atoms with Gasteiger partial charge in [-0.05, 0) is 34.9 Å². The molecule has 1 aromatic carbocycles. The molecule has 1 aliphatic rings. The van der Waals surface area contributed by atoms with Crippen LogP contribution in [-0.2, 0) is 19.5 Å². The van der Waals surface area contributed by atoms with Gasteiger partial charge >= 0.3 is 0 Å². The number of hydrogen-bond donors (Lipinski definition) is 0. The topological polar surface area (TPSA) is 46.8 Å². The fourth-order valence-corrected chi connectivity index (χ4v) is 2.46. The van der Waals surface area contributed by atoms with Gasteiger partial charge in [-0.25, -0.2) is 4.68 Å². The first-order chi connectivity index (χ1) is 8.88. The van der Waals surface area contributed by atoms with Crippen molar-refractivity contribution in [1.82, 2.24) is 20.2 Å². The van der Waals surface area contributed by atoms with Gasteiger partial charge in [0.05, 0.1) is 6.54 Å². The zero-order chi connectivity index (χ0) is 12.4. The highest BCUT2D eigenvalue weighted by atomic mass is 15.5. The fourth-order valence-electron chi connectivity index (χ4n) is 2.46. The molecule has 3 rings (SSSR count). The maximum Gasteiger partial charge on any atom is 0.170 e. The van der Waals surface area contributed by atoms with Gasteiger partial charge in [0.2, 0.25) is 0 Å². The van der Waals surface area contributed by atoms with Crippen molar-refractivity contribution in [1.29, 1.82) is 0 Å². The third kappa shape index (κ3) is 1.96. The number of para-hydroxylation sites is 1. The van der Waals surface area contributed by atoms with Gasteiger partial charge in [-0.2, -0.15) is 0 Å². The normalized spacial score (nSPS) is 13.9. The number of benzene rings is 1. The first kappa shape index (κ1) is 11.2. The number of nitrogens with zero attached hydrogens (tertiary/aromatic N) is 5. The van der Waals surface area contributed by atoms with Crippen LogP contribution in [0.3, 0.4) is 0 Å². The molecular formula is C13H17N5. The number of rotatable bonds is 4. The summed E-state index contributed by atoms with van der Waals surface area (Å²) in [5.74, 6) is 0.952. The van der Waals surface area contributed by atoms with Crippen LogP contribution >= 0.6 is 0 Å².